The maximum atomic E-state index is 12.2. The summed E-state index contributed by atoms with van der Waals surface area (Å²) in [5.74, 6) is 1.05. The van der Waals surface area contributed by atoms with Gasteiger partial charge in [0.15, 0.2) is 11.5 Å². The summed E-state index contributed by atoms with van der Waals surface area (Å²) in [6.07, 6.45) is 0. The van der Waals surface area contributed by atoms with Gasteiger partial charge in [-0.1, -0.05) is 23.8 Å². The summed E-state index contributed by atoms with van der Waals surface area (Å²) < 4.78 is 10.5. The summed E-state index contributed by atoms with van der Waals surface area (Å²) in [4.78, 5) is 25.9. The van der Waals surface area contributed by atoms with Crippen LogP contribution in [0.15, 0.2) is 42.5 Å². The van der Waals surface area contributed by atoms with E-state index < -0.39 is 0 Å². The smallest absolute Gasteiger partial charge is 0.251 e. The average Bonchev–Trinajstić information content (AvgIpc) is 2.66. The fourth-order valence-corrected chi connectivity index (χ4v) is 2.74. The van der Waals surface area contributed by atoms with E-state index in [-0.39, 0.29) is 11.8 Å². The van der Waals surface area contributed by atoms with Gasteiger partial charge in [-0.25, -0.2) is 0 Å². The third-order valence-corrected chi connectivity index (χ3v) is 4.21. The van der Waals surface area contributed by atoms with Crippen LogP contribution in [-0.4, -0.2) is 44.0 Å². The fraction of sp³-hybridized carbons (Fsp3) is 0.333. The van der Waals surface area contributed by atoms with Gasteiger partial charge in [-0.2, -0.15) is 0 Å². The molecule has 2 amide bonds. The highest BCUT2D eigenvalue weighted by Gasteiger charge is 2.13. The molecule has 0 saturated heterocycles. The van der Waals surface area contributed by atoms with Crippen LogP contribution in [0.3, 0.4) is 0 Å². The van der Waals surface area contributed by atoms with Crippen molar-refractivity contribution in [1.29, 1.82) is 0 Å². The van der Waals surface area contributed by atoms with Gasteiger partial charge >= 0.3 is 0 Å². The second kappa shape index (κ2) is 9.62. The number of ether oxygens (including phenoxy) is 2. The highest BCUT2D eigenvalue weighted by molar-refractivity contribution is 5.94. The normalized spacial score (nSPS) is 10.2. The molecule has 1 N–H and O–H groups in total. The molecular weight excluding hydrogens is 344 g/mol. The van der Waals surface area contributed by atoms with Crippen LogP contribution in [0.5, 0.6) is 11.5 Å². The van der Waals surface area contributed by atoms with E-state index in [2.05, 4.69) is 5.32 Å². The van der Waals surface area contributed by atoms with E-state index in [4.69, 9.17) is 9.47 Å². The van der Waals surface area contributed by atoms with Crippen LogP contribution in [0.4, 0.5) is 0 Å². The molecule has 2 aromatic carbocycles. The van der Waals surface area contributed by atoms with Crippen LogP contribution in [0, 0.1) is 6.92 Å². The molecule has 0 saturated carbocycles. The zero-order valence-corrected chi connectivity index (χ0v) is 16.2. The molecule has 0 spiro atoms. The Morgan fingerprint density at radius 1 is 1.04 bits per heavy atom. The quantitative estimate of drug-likeness (QED) is 0.776. The number of carbonyl (C=O) groups is 2. The van der Waals surface area contributed by atoms with Crippen molar-refractivity contribution in [2.45, 2.75) is 20.4 Å². The highest BCUT2D eigenvalue weighted by atomic mass is 16.5. The van der Waals surface area contributed by atoms with Crippen molar-refractivity contribution in [2.24, 2.45) is 0 Å². The Balaban J connectivity index is 1.96. The Kier molecular flexibility index (Phi) is 7.23. The van der Waals surface area contributed by atoms with E-state index in [0.29, 0.717) is 36.7 Å². The summed E-state index contributed by atoms with van der Waals surface area (Å²) in [6, 6.07) is 13.0. The number of methoxy groups -OCH3 is 2. The number of aryl methyl sites for hydroxylation is 1. The van der Waals surface area contributed by atoms with Crippen molar-refractivity contribution in [3.05, 3.63) is 59.2 Å². The molecule has 144 valence electrons. The third-order valence-electron chi connectivity index (χ3n) is 4.21. The topological polar surface area (TPSA) is 67.9 Å². The first-order chi connectivity index (χ1) is 12.9. The number of hydrogen-bond acceptors (Lipinski definition) is 4. The molecule has 6 nitrogen and oxygen atoms in total. The summed E-state index contributed by atoms with van der Waals surface area (Å²) in [5, 5.41) is 2.86. The Morgan fingerprint density at radius 2 is 1.78 bits per heavy atom. The minimum absolute atomic E-state index is 0.0606. The molecule has 0 aliphatic rings. The second-order valence-corrected chi connectivity index (χ2v) is 6.26. The van der Waals surface area contributed by atoms with E-state index in [1.807, 2.05) is 43.3 Å². The number of hydrogen-bond donors (Lipinski definition) is 1. The van der Waals surface area contributed by atoms with Crippen LogP contribution >= 0.6 is 0 Å². The standard InChI is InChI=1S/C21H26N2O4/c1-15-6-5-7-18(12-15)21(25)22-10-11-23(16(2)24)14-17-8-9-19(26-3)20(13-17)27-4/h5-9,12-13H,10-11,14H2,1-4H3,(H,22,25). The predicted molar refractivity (Wildman–Crippen MR) is 104 cm³/mol. The van der Waals surface area contributed by atoms with Gasteiger partial charge in [-0.15, -0.1) is 0 Å². The van der Waals surface area contributed by atoms with Crippen LogP contribution < -0.4 is 14.8 Å². The molecule has 2 rings (SSSR count). The molecule has 6 heteroatoms. The Morgan fingerprint density at radius 3 is 2.41 bits per heavy atom. The lowest BCUT2D eigenvalue weighted by Crippen LogP contribution is -2.37. The fourth-order valence-electron chi connectivity index (χ4n) is 2.74. The number of nitrogens with zero attached hydrogens (tertiary/aromatic N) is 1. The van der Waals surface area contributed by atoms with Gasteiger partial charge in [0.2, 0.25) is 5.91 Å². The number of nitrogens with one attached hydrogen (secondary N) is 1. The van der Waals surface area contributed by atoms with E-state index in [1.165, 1.54) is 6.92 Å². The number of rotatable bonds is 8. The van der Waals surface area contributed by atoms with Gasteiger partial charge in [0.05, 0.1) is 14.2 Å². The summed E-state index contributed by atoms with van der Waals surface area (Å²) in [5.41, 5.74) is 2.57. The van der Waals surface area contributed by atoms with E-state index >= 15 is 0 Å². The second-order valence-electron chi connectivity index (χ2n) is 6.26. The SMILES string of the molecule is COc1ccc(CN(CCNC(=O)c2cccc(C)c2)C(C)=O)cc1OC. The molecule has 0 aliphatic heterocycles. The lowest BCUT2D eigenvalue weighted by Gasteiger charge is -2.22. The number of amides is 2. The molecule has 0 aliphatic carbocycles. The van der Waals surface area contributed by atoms with Gasteiger partial charge in [0, 0.05) is 32.1 Å². The van der Waals surface area contributed by atoms with Crippen molar-refractivity contribution in [1.82, 2.24) is 10.2 Å². The number of carbonyl (C=O) groups excluding carboxylic acids is 2. The molecule has 2 aromatic rings. The highest BCUT2D eigenvalue weighted by Crippen LogP contribution is 2.28. The largest absolute Gasteiger partial charge is 0.493 e. The van der Waals surface area contributed by atoms with Gasteiger partial charge in [-0.3, -0.25) is 9.59 Å². The Bertz CT molecular complexity index is 805. The Labute approximate surface area is 160 Å². The van der Waals surface area contributed by atoms with Crippen molar-refractivity contribution >= 4 is 11.8 Å². The van der Waals surface area contributed by atoms with Gasteiger partial charge in [-0.05, 0) is 36.8 Å². The predicted octanol–water partition coefficient (Wildman–Crippen LogP) is 2.79. The first-order valence-corrected chi connectivity index (χ1v) is 8.76. The molecule has 0 bridgehead atoms. The Hall–Kier alpha value is -3.02. The minimum atomic E-state index is -0.145. The monoisotopic (exact) mass is 370 g/mol. The summed E-state index contributed by atoms with van der Waals surface area (Å²) >= 11 is 0. The van der Waals surface area contributed by atoms with Crippen LogP contribution in [-0.2, 0) is 11.3 Å². The van der Waals surface area contributed by atoms with Crippen LogP contribution in [0.25, 0.3) is 0 Å². The van der Waals surface area contributed by atoms with Crippen molar-refractivity contribution < 1.29 is 19.1 Å². The zero-order valence-electron chi connectivity index (χ0n) is 16.2. The van der Waals surface area contributed by atoms with E-state index in [1.54, 1.807) is 25.2 Å². The first-order valence-electron chi connectivity index (χ1n) is 8.76. The van der Waals surface area contributed by atoms with E-state index in [9.17, 15) is 9.59 Å². The lowest BCUT2D eigenvalue weighted by atomic mass is 10.1. The van der Waals surface area contributed by atoms with Crippen molar-refractivity contribution in [2.75, 3.05) is 27.3 Å². The van der Waals surface area contributed by atoms with Crippen molar-refractivity contribution in [3.63, 3.8) is 0 Å². The first kappa shape index (κ1) is 20.3. The molecular formula is C21H26N2O4. The third kappa shape index (κ3) is 5.74. The van der Waals surface area contributed by atoms with Crippen LogP contribution in [0.1, 0.15) is 28.4 Å². The molecule has 0 fully saturated rings. The molecule has 0 aromatic heterocycles. The maximum Gasteiger partial charge on any atom is 0.251 e. The van der Waals surface area contributed by atoms with E-state index in [0.717, 1.165) is 11.1 Å². The summed E-state index contributed by atoms with van der Waals surface area (Å²) in [7, 11) is 3.15. The van der Waals surface area contributed by atoms with Gasteiger partial charge < -0.3 is 19.7 Å². The minimum Gasteiger partial charge on any atom is -0.493 e. The van der Waals surface area contributed by atoms with Crippen molar-refractivity contribution in [3.8, 4) is 11.5 Å². The zero-order chi connectivity index (χ0) is 19.8. The maximum absolute atomic E-state index is 12.2. The van der Waals surface area contributed by atoms with Gasteiger partial charge in [0.1, 0.15) is 0 Å². The summed E-state index contributed by atoms with van der Waals surface area (Å²) in [6.45, 7) is 4.68. The average molecular weight is 370 g/mol. The molecule has 0 radical (unpaired) electrons. The van der Waals surface area contributed by atoms with Gasteiger partial charge in [0.25, 0.3) is 5.91 Å². The van der Waals surface area contributed by atoms with Crippen LogP contribution in [0.2, 0.25) is 0 Å². The molecule has 27 heavy (non-hydrogen) atoms. The lowest BCUT2D eigenvalue weighted by molar-refractivity contribution is -0.129. The molecule has 0 heterocycles. The number of benzene rings is 2. The molecule has 0 atom stereocenters. The molecule has 0 unspecified atom stereocenters.